The maximum absolute atomic E-state index is 2.49. The molecule has 166 valence electrons. The van der Waals surface area contributed by atoms with E-state index in [1.807, 2.05) is 11.3 Å². The van der Waals surface area contributed by atoms with Crippen molar-refractivity contribution in [2.45, 2.75) is 19.3 Å². The highest BCUT2D eigenvalue weighted by Crippen LogP contribution is 2.56. The van der Waals surface area contributed by atoms with E-state index in [4.69, 9.17) is 0 Å². The van der Waals surface area contributed by atoms with Crippen LogP contribution < -0.4 is 0 Å². The molecule has 7 aromatic rings. The number of hydrogen-bond acceptors (Lipinski definition) is 1. The molecule has 0 amide bonds. The van der Waals surface area contributed by atoms with Crippen LogP contribution in [0.5, 0.6) is 0 Å². The molecule has 0 saturated carbocycles. The van der Waals surface area contributed by atoms with Gasteiger partial charge in [-0.3, -0.25) is 0 Å². The minimum Gasteiger partial charge on any atom is -0.308 e. The molecule has 0 fully saturated rings. The molecule has 0 bridgehead atoms. The Kier molecular flexibility index (Phi) is 3.67. The number of para-hydroxylation sites is 1. The molecule has 8 rings (SSSR count). The predicted octanol–water partition coefficient (Wildman–Crippen LogP) is 9.46. The Labute approximate surface area is 207 Å². The minimum atomic E-state index is -0.00581. The van der Waals surface area contributed by atoms with E-state index in [-0.39, 0.29) is 5.41 Å². The van der Waals surface area contributed by atoms with Gasteiger partial charge in [0, 0.05) is 26.8 Å². The van der Waals surface area contributed by atoms with Crippen molar-refractivity contribution >= 4 is 54.0 Å². The molecular formula is C33H23NS. The van der Waals surface area contributed by atoms with Crippen molar-refractivity contribution in [3.8, 4) is 16.1 Å². The van der Waals surface area contributed by atoms with E-state index in [1.54, 1.807) is 0 Å². The van der Waals surface area contributed by atoms with Gasteiger partial charge in [-0.05, 0) is 51.0 Å². The Balaban J connectivity index is 1.62. The van der Waals surface area contributed by atoms with Crippen LogP contribution in [0.2, 0.25) is 0 Å². The Morgan fingerprint density at radius 3 is 2.29 bits per heavy atom. The van der Waals surface area contributed by atoms with Gasteiger partial charge in [-0.25, -0.2) is 0 Å². The van der Waals surface area contributed by atoms with Crippen LogP contribution in [0.4, 0.5) is 0 Å². The molecule has 2 aromatic heterocycles. The van der Waals surface area contributed by atoms with Gasteiger partial charge in [-0.1, -0.05) is 98.8 Å². The van der Waals surface area contributed by atoms with Gasteiger partial charge in [0.1, 0.15) is 0 Å². The third-order valence-corrected chi connectivity index (χ3v) is 9.20. The summed E-state index contributed by atoms with van der Waals surface area (Å²) in [6.07, 6.45) is 0. The van der Waals surface area contributed by atoms with Crippen LogP contribution >= 0.6 is 11.3 Å². The van der Waals surface area contributed by atoms with Crippen LogP contribution in [-0.2, 0) is 5.41 Å². The maximum atomic E-state index is 2.49. The van der Waals surface area contributed by atoms with E-state index in [0.717, 1.165) is 0 Å². The number of hydrogen-bond donors (Lipinski definition) is 0. The van der Waals surface area contributed by atoms with Crippen molar-refractivity contribution in [2.75, 3.05) is 0 Å². The molecule has 0 saturated heterocycles. The van der Waals surface area contributed by atoms with E-state index in [9.17, 15) is 0 Å². The first-order valence-electron chi connectivity index (χ1n) is 12.2. The first-order valence-corrected chi connectivity index (χ1v) is 13.0. The van der Waals surface area contributed by atoms with Gasteiger partial charge in [0.05, 0.1) is 15.7 Å². The lowest BCUT2D eigenvalue weighted by Crippen LogP contribution is -2.14. The number of thiophene rings is 1. The van der Waals surface area contributed by atoms with Crippen molar-refractivity contribution in [1.29, 1.82) is 0 Å². The zero-order valence-electron chi connectivity index (χ0n) is 19.7. The highest BCUT2D eigenvalue weighted by molar-refractivity contribution is 7.23. The van der Waals surface area contributed by atoms with Gasteiger partial charge in [0.15, 0.2) is 0 Å². The average molecular weight is 466 g/mol. The highest BCUT2D eigenvalue weighted by atomic mass is 32.1. The topological polar surface area (TPSA) is 4.93 Å². The summed E-state index contributed by atoms with van der Waals surface area (Å²) in [7, 11) is 0. The molecule has 1 aliphatic carbocycles. The molecule has 0 radical (unpaired) electrons. The fourth-order valence-corrected chi connectivity index (χ4v) is 7.97. The van der Waals surface area contributed by atoms with Crippen molar-refractivity contribution in [3.05, 3.63) is 114 Å². The largest absolute Gasteiger partial charge is 0.308 e. The molecule has 1 aliphatic rings. The lowest BCUT2D eigenvalue weighted by atomic mass is 9.81. The van der Waals surface area contributed by atoms with Gasteiger partial charge in [0.25, 0.3) is 0 Å². The zero-order valence-corrected chi connectivity index (χ0v) is 20.5. The van der Waals surface area contributed by atoms with Crippen LogP contribution in [0, 0.1) is 0 Å². The quantitative estimate of drug-likeness (QED) is 0.227. The summed E-state index contributed by atoms with van der Waals surface area (Å²) in [6.45, 7) is 4.77. The molecule has 2 heteroatoms. The fraction of sp³-hybridized carbons (Fsp3) is 0.0909. The average Bonchev–Trinajstić information content (AvgIpc) is 3.52. The molecule has 0 atom stereocenters. The van der Waals surface area contributed by atoms with Crippen LogP contribution in [0.1, 0.15) is 25.0 Å². The summed E-state index contributed by atoms with van der Waals surface area (Å²) in [6, 6.07) is 37.9. The van der Waals surface area contributed by atoms with Gasteiger partial charge >= 0.3 is 0 Å². The molecule has 35 heavy (non-hydrogen) atoms. The summed E-state index contributed by atoms with van der Waals surface area (Å²) >= 11 is 1.97. The van der Waals surface area contributed by atoms with Crippen LogP contribution in [0.25, 0.3) is 58.8 Å². The Morgan fingerprint density at radius 2 is 1.40 bits per heavy atom. The number of fused-ring (bicyclic) bond motifs is 11. The molecule has 0 aliphatic heterocycles. The summed E-state index contributed by atoms with van der Waals surface area (Å²) in [5.41, 5.74) is 8.12. The summed E-state index contributed by atoms with van der Waals surface area (Å²) < 4.78 is 3.88. The molecule has 0 spiro atoms. The number of benzene rings is 5. The van der Waals surface area contributed by atoms with Crippen LogP contribution in [-0.4, -0.2) is 4.57 Å². The number of aromatic nitrogens is 1. The highest BCUT2D eigenvalue weighted by Gasteiger charge is 2.39. The molecule has 0 N–H and O–H groups in total. The van der Waals surface area contributed by atoms with Crippen LogP contribution in [0.3, 0.4) is 0 Å². The molecule has 0 unspecified atom stereocenters. The maximum Gasteiger partial charge on any atom is 0.0719 e. The second-order valence-electron chi connectivity index (χ2n) is 10.2. The van der Waals surface area contributed by atoms with Gasteiger partial charge in [0.2, 0.25) is 0 Å². The van der Waals surface area contributed by atoms with Crippen molar-refractivity contribution in [1.82, 2.24) is 4.57 Å². The Bertz CT molecular complexity index is 1970. The monoisotopic (exact) mass is 465 g/mol. The molecule has 1 nitrogen and oxygen atoms in total. The minimum absolute atomic E-state index is 0.00581. The first kappa shape index (κ1) is 19.4. The third-order valence-electron chi connectivity index (χ3n) is 7.96. The SMILES string of the molecule is CC1(C)c2ccccc2-c2sc3c(ccc4c5c6ccccc6ccc5n(-c5ccccc5)c43)c21. The first-order chi connectivity index (χ1) is 17.1. The molecule has 5 aromatic carbocycles. The lowest BCUT2D eigenvalue weighted by Gasteiger charge is -2.21. The Hall–Kier alpha value is -3.88. The van der Waals surface area contributed by atoms with Crippen molar-refractivity contribution < 1.29 is 0 Å². The predicted molar refractivity (Wildman–Crippen MR) is 151 cm³/mol. The van der Waals surface area contributed by atoms with Gasteiger partial charge in [-0.2, -0.15) is 0 Å². The van der Waals surface area contributed by atoms with E-state index >= 15 is 0 Å². The van der Waals surface area contributed by atoms with Gasteiger partial charge < -0.3 is 4.57 Å². The van der Waals surface area contributed by atoms with Gasteiger partial charge in [-0.15, -0.1) is 11.3 Å². The smallest absolute Gasteiger partial charge is 0.0719 e. The lowest BCUT2D eigenvalue weighted by molar-refractivity contribution is 0.667. The fourth-order valence-electron chi connectivity index (χ4n) is 6.44. The van der Waals surface area contributed by atoms with Crippen molar-refractivity contribution in [3.63, 3.8) is 0 Å². The standard InChI is InChI=1S/C33H23NS/c1-33(2)26-15-9-8-14-23(26)31-29(33)25-18-17-24-28-22-13-7-6-10-20(22)16-19-27(28)34(30(24)32(25)35-31)21-11-4-3-5-12-21/h3-19H,1-2H3. The van der Waals surface area contributed by atoms with E-state index in [2.05, 4.69) is 122 Å². The van der Waals surface area contributed by atoms with E-state index in [1.165, 1.54) is 69.9 Å². The van der Waals surface area contributed by atoms with Crippen LogP contribution in [0.15, 0.2) is 103 Å². The number of nitrogens with zero attached hydrogens (tertiary/aromatic N) is 1. The second kappa shape index (κ2) is 6.62. The normalized spacial score (nSPS) is 14.2. The Morgan fingerprint density at radius 1 is 0.657 bits per heavy atom. The van der Waals surface area contributed by atoms with Crippen molar-refractivity contribution in [2.24, 2.45) is 0 Å². The van der Waals surface area contributed by atoms with E-state index < -0.39 is 0 Å². The van der Waals surface area contributed by atoms with E-state index in [0.29, 0.717) is 0 Å². The third kappa shape index (κ3) is 2.38. The summed E-state index contributed by atoms with van der Waals surface area (Å²) in [5.74, 6) is 0. The zero-order chi connectivity index (χ0) is 23.3. The molecular weight excluding hydrogens is 442 g/mol. The summed E-state index contributed by atoms with van der Waals surface area (Å²) in [4.78, 5) is 1.43. The summed E-state index contributed by atoms with van der Waals surface area (Å²) in [5, 5.41) is 6.67. The number of rotatable bonds is 1. The second-order valence-corrected chi connectivity index (χ2v) is 11.2. The molecule has 2 heterocycles.